The standard InChI is InChI=1S/C19H25F2N3O3/c1-12-9-24(10-13(2)27-12)18(26)15-5-3-14(4-6-15)8-22-17(25)16-7-19(20,21)11-23-16/h3-6,12-13,16,23H,7-11H2,1-2H3,(H,22,25). The van der Waals surface area contributed by atoms with Gasteiger partial charge in [-0.15, -0.1) is 0 Å². The fourth-order valence-electron chi connectivity index (χ4n) is 3.50. The highest BCUT2D eigenvalue weighted by Crippen LogP contribution is 2.25. The summed E-state index contributed by atoms with van der Waals surface area (Å²) in [4.78, 5) is 26.4. The molecule has 0 spiro atoms. The van der Waals surface area contributed by atoms with Crippen molar-refractivity contribution in [2.45, 2.75) is 51.0 Å². The van der Waals surface area contributed by atoms with Gasteiger partial charge in [0.2, 0.25) is 5.91 Å². The zero-order valence-corrected chi connectivity index (χ0v) is 15.5. The van der Waals surface area contributed by atoms with E-state index in [9.17, 15) is 18.4 Å². The summed E-state index contributed by atoms with van der Waals surface area (Å²) >= 11 is 0. The van der Waals surface area contributed by atoms with Gasteiger partial charge in [0.05, 0.1) is 24.8 Å². The molecule has 8 heteroatoms. The minimum atomic E-state index is -2.83. The van der Waals surface area contributed by atoms with Crippen molar-refractivity contribution in [3.05, 3.63) is 35.4 Å². The molecule has 1 aromatic rings. The van der Waals surface area contributed by atoms with E-state index in [1.807, 2.05) is 13.8 Å². The molecule has 2 amide bonds. The predicted octanol–water partition coefficient (Wildman–Crippen LogP) is 1.55. The Morgan fingerprint density at radius 1 is 1.22 bits per heavy atom. The maximum Gasteiger partial charge on any atom is 0.262 e. The molecule has 2 fully saturated rings. The van der Waals surface area contributed by atoms with Crippen LogP contribution in [0, 0.1) is 0 Å². The normalized spacial score (nSPS) is 27.4. The number of halogens is 2. The molecule has 6 nitrogen and oxygen atoms in total. The van der Waals surface area contributed by atoms with Crippen LogP contribution < -0.4 is 10.6 Å². The minimum absolute atomic E-state index is 0.00348. The Bertz CT molecular complexity index is 686. The molecular formula is C19H25F2N3O3. The van der Waals surface area contributed by atoms with E-state index < -0.39 is 30.8 Å². The second kappa shape index (κ2) is 7.90. The van der Waals surface area contributed by atoms with E-state index in [1.54, 1.807) is 29.2 Å². The van der Waals surface area contributed by atoms with Crippen molar-refractivity contribution in [3.8, 4) is 0 Å². The first kappa shape index (κ1) is 19.7. The van der Waals surface area contributed by atoms with Crippen molar-refractivity contribution in [1.82, 2.24) is 15.5 Å². The summed E-state index contributed by atoms with van der Waals surface area (Å²) in [5.74, 6) is -3.33. The number of carbonyl (C=O) groups excluding carboxylic acids is 2. The lowest BCUT2D eigenvalue weighted by molar-refractivity contribution is -0.123. The molecule has 148 valence electrons. The molecule has 2 N–H and O–H groups in total. The number of hydrogen-bond donors (Lipinski definition) is 2. The van der Waals surface area contributed by atoms with E-state index in [4.69, 9.17) is 4.74 Å². The van der Waals surface area contributed by atoms with Gasteiger partial charge in [0.15, 0.2) is 0 Å². The van der Waals surface area contributed by atoms with Crippen LogP contribution in [0.1, 0.15) is 36.2 Å². The fraction of sp³-hybridized carbons (Fsp3) is 0.579. The third kappa shape index (κ3) is 5.01. The quantitative estimate of drug-likeness (QED) is 0.830. The van der Waals surface area contributed by atoms with Crippen LogP contribution in [0.5, 0.6) is 0 Å². The molecule has 2 aliphatic rings. The smallest absolute Gasteiger partial charge is 0.262 e. The van der Waals surface area contributed by atoms with Gasteiger partial charge >= 0.3 is 0 Å². The molecule has 0 bridgehead atoms. The third-order valence-electron chi connectivity index (χ3n) is 4.80. The maximum absolute atomic E-state index is 13.2. The monoisotopic (exact) mass is 381 g/mol. The molecule has 3 rings (SSSR count). The highest BCUT2D eigenvalue weighted by molar-refractivity contribution is 5.94. The number of rotatable bonds is 4. The van der Waals surface area contributed by atoms with Gasteiger partial charge in [0, 0.05) is 31.6 Å². The van der Waals surface area contributed by atoms with Crippen LogP contribution in [-0.2, 0) is 16.1 Å². The maximum atomic E-state index is 13.2. The molecule has 2 aliphatic heterocycles. The van der Waals surface area contributed by atoms with Crippen LogP contribution in [0.4, 0.5) is 8.78 Å². The summed E-state index contributed by atoms with van der Waals surface area (Å²) in [5.41, 5.74) is 1.37. The molecule has 2 heterocycles. The number of ether oxygens (including phenoxy) is 1. The van der Waals surface area contributed by atoms with Gasteiger partial charge in [0.25, 0.3) is 11.8 Å². The number of alkyl halides is 2. The van der Waals surface area contributed by atoms with E-state index >= 15 is 0 Å². The van der Waals surface area contributed by atoms with Gasteiger partial charge in [0.1, 0.15) is 0 Å². The Kier molecular flexibility index (Phi) is 5.76. The third-order valence-corrected chi connectivity index (χ3v) is 4.80. The molecule has 0 radical (unpaired) electrons. The van der Waals surface area contributed by atoms with E-state index in [-0.39, 0.29) is 24.7 Å². The fourth-order valence-corrected chi connectivity index (χ4v) is 3.50. The zero-order valence-electron chi connectivity index (χ0n) is 15.5. The molecule has 3 unspecified atom stereocenters. The average molecular weight is 381 g/mol. The number of nitrogens with zero attached hydrogens (tertiary/aromatic N) is 1. The Labute approximate surface area is 157 Å². The number of benzene rings is 1. The number of amides is 2. The Morgan fingerprint density at radius 3 is 2.41 bits per heavy atom. The van der Waals surface area contributed by atoms with Crippen molar-refractivity contribution in [3.63, 3.8) is 0 Å². The van der Waals surface area contributed by atoms with E-state index in [0.29, 0.717) is 18.7 Å². The van der Waals surface area contributed by atoms with Gasteiger partial charge in [-0.25, -0.2) is 8.78 Å². The number of morpholine rings is 1. The lowest BCUT2D eigenvalue weighted by atomic mass is 10.1. The van der Waals surface area contributed by atoms with Gasteiger partial charge < -0.3 is 15.0 Å². The van der Waals surface area contributed by atoms with Gasteiger partial charge in [-0.1, -0.05) is 12.1 Å². The first-order chi connectivity index (χ1) is 12.7. The van der Waals surface area contributed by atoms with Crippen molar-refractivity contribution in [2.24, 2.45) is 0 Å². The van der Waals surface area contributed by atoms with E-state index in [0.717, 1.165) is 5.56 Å². The summed E-state index contributed by atoms with van der Waals surface area (Å²) in [6, 6.07) is 6.09. The zero-order chi connectivity index (χ0) is 19.6. The molecule has 0 aromatic heterocycles. The molecule has 0 aliphatic carbocycles. The highest BCUT2D eigenvalue weighted by Gasteiger charge is 2.42. The van der Waals surface area contributed by atoms with Crippen LogP contribution in [0.15, 0.2) is 24.3 Å². The number of hydrogen-bond acceptors (Lipinski definition) is 4. The highest BCUT2D eigenvalue weighted by atomic mass is 19.3. The van der Waals surface area contributed by atoms with Crippen molar-refractivity contribution in [1.29, 1.82) is 0 Å². The molecule has 27 heavy (non-hydrogen) atoms. The minimum Gasteiger partial charge on any atom is -0.372 e. The van der Waals surface area contributed by atoms with Crippen LogP contribution in [-0.4, -0.2) is 60.5 Å². The Hall–Kier alpha value is -2.06. The summed E-state index contributed by atoms with van der Waals surface area (Å²) in [7, 11) is 0. The largest absolute Gasteiger partial charge is 0.372 e. The summed E-state index contributed by atoms with van der Waals surface area (Å²) in [5, 5.41) is 5.18. The lowest BCUT2D eigenvalue weighted by Crippen LogP contribution is -2.48. The van der Waals surface area contributed by atoms with Crippen molar-refractivity contribution in [2.75, 3.05) is 19.6 Å². The first-order valence-electron chi connectivity index (χ1n) is 9.16. The summed E-state index contributed by atoms with van der Waals surface area (Å²) in [6.07, 6.45) is -0.477. The lowest BCUT2D eigenvalue weighted by Gasteiger charge is -2.35. The Morgan fingerprint density at radius 2 is 1.85 bits per heavy atom. The molecule has 3 atom stereocenters. The van der Waals surface area contributed by atoms with Crippen molar-refractivity contribution < 1.29 is 23.1 Å². The predicted molar refractivity (Wildman–Crippen MR) is 95.6 cm³/mol. The van der Waals surface area contributed by atoms with E-state index in [2.05, 4.69) is 10.6 Å². The summed E-state index contributed by atoms with van der Waals surface area (Å²) < 4.78 is 32.0. The molecule has 1 aromatic carbocycles. The number of nitrogens with one attached hydrogen (secondary N) is 2. The van der Waals surface area contributed by atoms with Gasteiger partial charge in [-0.3, -0.25) is 14.9 Å². The molecular weight excluding hydrogens is 356 g/mol. The number of carbonyl (C=O) groups is 2. The molecule has 2 saturated heterocycles. The van der Waals surface area contributed by atoms with E-state index in [1.165, 1.54) is 0 Å². The topological polar surface area (TPSA) is 70.7 Å². The summed E-state index contributed by atoms with van der Waals surface area (Å²) in [6.45, 7) is 4.75. The van der Waals surface area contributed by atoms with Crippen LogP contribution in [0.25, 0.3) is 0 Å². The average Bonchev–Trinajstić information content (AvgIpc) is 2.98. The van der Waals surface area contributed by atoms with Crippen molar-refractivity contribution >= 4 is 11.8 Å². The van der Waals surface area contributed by atoms with Gasteiger partial charge in [-0.05, 0) is 31.5 Å². The second-order valence-electron chi connectivity index (χ2n) is 7.38. The first-order valence-corrected chi connectivity index (χ1v) is 9.16. The van der Waals surface area contributed by atoms with Crippen LogP contribution in [0.2, 0.25) is 0 Å². The second-order valence-corrected chi connectivity index (χ2v) is 7.38. The van der Waals surface area contributed by atoms with Crippen LogP contribution in [0.3, 0.4) is 0 Å². The Balaban J connectivity index is 1.53. The molecule has 0 saturated carbocycles. The SMILES string of the molecule is CC1CN(C(=O)c2ccc(CNC(=O)C3CC(F)(F)CN3)cc2)CC(C)O1. The van der Waals surface area contributed by atoms with Crippen LogP contribution >= 0.6 is 0 Å². The van der Waals surface area contributed by atoms with Gasteiger partial charge in [-0.2, -0.15) is 0 Å².